The number of hydrogen-bond acceptors (Lipinski definition) is 4. The van der Waals surface area contributed by atoms with Gasteiger partial charge in [0, 0.05) is 20.4 Å². The molecule has 21 heavy (non-hydrogen) atoms. The molecule has 0 aliphatic carbocycles. The van der Waals surface area contributed by atoms with Crippen LogP contribution < -0.4 is 10.0 Å². The highest BCUT2D eigenvalue weighted by molar-refractivity contribution is 9.11. The summed E-state index contributed by atoms with van der Waals surface area (Å²) in [4.78, 5) is 1.02. The summed E-state index contributed by atoms with van der Waals surface area (Å²) in [6, 6.07) is 7.10. The van der Waals surface area contributed by atoms with Gasteiger partial charge in [0.15, 0.2) is 0 Å². The Morgan fingerprint density at radius 3 is 2.43 bits per heavy atom. The summed E-state index contributed by atoms with van der Waals surface area (Å²) in [7, 11) is -1.76. The molecule has 8 heteroatoms. The Bertz CT molecular complexity index is 737. The molecule has 2 rings (SSSR count). The van der Waals surface area contributed by atoms with Gasteiger partial charge in [0.05, 0.1) is 5.69 Å². The second-order valence-corrected chi connectivity index (χ2v) is 9.16. The summed E-state index contributed by atoms with van der Waals surface area (Å²) in [5.41, 5.74) is 1.47. The van der Waals surface area contributed by atoms with Crippen molar-refractivity contribution in [3.8, 4) is 0 Å². The number of para-hydroxylation sites is 1. The molecule has 0 aliphatic rings. The van der Waals surface area contributed by atoms with Gasteiger partial charge < -0.3 is 5.32 Å². The van der Waals surface area contributed by atoms with Crippen LogP contribution in [0, 0.1) is 6.92 Å². The van der Waals surface area contributed by atoms with Crippen LogP contribution in [0.4, 0.5) is 5.69 Å². The number of sulfonamides is 1. The van der Waals surface area contributed by atoms with E-state index in [0.717, 1.165) is 10.4 Å². The zero-order valence-electron chi connectivity index (χ0n) is 11.4. The van der Waals surface area contributed by atoms with Crippen molar-refractivity contribution in [3.05, 3.63) is 43.7 Å². The van der Waals surface area contributed by atoms with E-state index in [0.29, 0.717) is 25.4 Å². The van der Waals surface area contributed by atoms with Crippen molar-refractivity contribution in [2.45, 2.75) is 17.7 Å². The van der Waals surface area contributed by atoms with Crippen LogP contribution in [0.3, 0.4) is 0 Å². The Morgan fingerprint density at radius 1 is 1.24 bits per heavy atom. The van der Waals surface area contributed by atoms with Crippen LogP contribution in [-0.4, -0.2) is 15.5 Å². The maximum atomic E-state index is 12.5. The van der Waals surface area contributed by atoms with E-state index in [1.807, 2.05) is 20.0 Å². The number of halogens is 2. The molecule has 0 unspecified atom stereocenters. The Morgan fingerprint density at radius 2 is 1.86 bits per heavy atom. The second-order valence-electron chi connectivity index (χ2n) is 4.40. The molecule has 1 aromatic heterocycles. The summed E-state index contributed by atoms with van der Waals surface area (Å²) < 4.78 is 29.3. The van der Waals surface area contributed by atoms with E-state index >= 15 is 0 Å². The SMILES string of the molecule is CNCc1sc(S(=O)(=O)Nc2c(Br)cccc2Br)cc1C. The Kier molecular flexibility index (Phi) is 5.48. The van der Waals surface area contributed by atoms with Gasteiger partial charge in [0.2, 0.25) is 0 Å². The standard InChI is InChI=1S/C13H14Br2N2O2S2/c1-8-6-12(20-11(8)7-16-2)21(18,19)17-13-9(14)4-3-5-10(13)15/h3-6,16-17H,7H2,1-2H3. The lowest BCUT2D eigenvalue weighted by molar-refractivity contribution is 0.603. The van der Waals surface area contributed by atoms with Crippen molar-refractivity contribution in [2.24, 2.45) is 0 Å². The molecule has 0 bridgehead atoms. The third-order valence-electron chi connectivity index (χ3n) is 2.80. The summed E-state index contributed by atoms with van der Waals surface area (Å²) in [6.45, 7) is 2.57. The number of rotatable bonds is 5. The molecule has 2 N–H and O–H groups in total. The van der Waals surface area contributed by atoms with Crippen LogP contribution in [-0.2, 0) is 16.6 Å². The fourth-order valence-corrected chi connectivity index (χ4v) is 5.90. The Hall–Kier alpha value is -0.410. The van der Waals surface area contributed by atoms with Crippen LogP contribution >= 0.6 is 43.2 Å². The van der Waals surface area contributed by atoms with Gasteiger partial charge in [0.1, 0.15) is 4.21 Å². The van der Waals surface area contributed by atoms with E-state index in [-0.39, 0.29) is 0 Å². The minimum absolute atomic E-state index is 0.313. The second kappa shape index (κ2) is 6.78. The first-order valence-electron chi connectivity index (χ1n) is 6.06. The first kappa shape index (κ1) is 17.0. The predicted molar refractivity (Wildman–Crippen MR) is 94.5 cm³/mol. The summed E-state index contributed by atoms with van der Waals surface area (Å²) in [6.07, 6.45) is 0. The van der Waals surface area contributed by atoms with Crippen LogP contribution in [0.25, 0.3) is 0 Å². The third-order valence-corrected chi connectivity index (χ3v) is 7.18. The smallest absolute Gasteiger partial charge is 0.271 e. The van der Waals surface area contributed by atoms with Crippen LogP contribution in [0.1, 0.15) is 10.4 Å². The van der Waals surface area contributed by atoms with E-state index < -0.39 is 10.0 Å². The lowest BCUT2D eigenvalue weighted by Gasteiger charge is -2.10. The lowest BCUT2D eigenvalue weighted by atomic mass is 10.3. The first-order chi connectivity index (χ1) is 9.85. The molecule has 0 saturated carbocycles. The number of nitrogens with one attached hydrogen (secondary N) is 2. The number of anilines is 1. The van der Waals surface area contributed by atoms with Gasteiger partial charge in [-0.05, 0) is 69.6 Å². The van der Waals surface area contributed by atoms with Crippen molar-refractivity contribution in [1.29, 1.82) is 0 Å². The number of thiophene rings is 1. The van der Waals surface area contributed by atoms with E-state index in [2.05, 4.69) is 41.9 Å². The van der Waals surface area contributed by atoms with Crippen LogP contribution in [0.5, 0.6) is 0 Å². The number of aryl methyl sites for hydroxylation is 1. The van der Waals surface area contributed by atoms with Gasteiger partial charge in [-0.25, -0.2) is 8.42 Å². The molecule has 0 atom stereocenters. The molecule has 1 aromatic carbocycles. The van der Waals surface area contributed by atoms with Gasteiger partial charge in [-0.3, -0.25) is 4.72 Å². The van der Waals surface area contributed by atoms with E-state index in [4.69, 9.17) is 0 Å². The van der Waals surface area contributed by atoms with E-state index in [1.165, 1.54) is 11.3 Å². The third kappa shape index (κ3) is 3.87. The highest BCUT2D eigenvalue weighted by Gasteiger charge is 2.21. The van der Waals surface area contributed by atoms with Crippen LogP contribution in [0.2, 0.25) is 0 Å². The van der Waals surface area contributed by atoms with Crippen molar-refractivity contribution >= 4 is 58.9 Å². The van der Waals surface area contributed by atoms with Gasteiger partial charge in [-0.15, -0.1) is 11.3 Å². The molecule has 0 aliphatic heterocycles. The van der Waals surface area contributed by atoms with Crippen molar-refractivity contribution in [3.63, 3.8) is 0 Å². The first-order valence-corrected chi connectivity index (χ1v) is 9.94. The topological polar surface area (TPSA) is 58.2 Å². The van der Waals surface area contributed by atoms with E-state index in [9.17, 15) is 8.42 Å². The van der Waals surface area contributed by atoms with Crippen LogP contribution in [0.15, 0.2) is 37.4 Å². The largest absolute Gasteiger partial charge is 0.315 e. The minimum Gasteiger partial charge on any atom is -0.315 e. The maximum Gasteiger partial charge on any atom is 0.271 e. The monoisotopic (exact) mass is 452 g/mol. The normalized spacial score (nSPS) is 11.6. The predicted octanol–water partition coefficient (Wildman–Crippen LogP) is 4.10. The molecule has 0 spiro atoms. The molecular formula is C13H14Br2N2O2S2. The van der Waals surface area contributed by atoms with Gasteiger partial charge in [-0.2, -0.15) is 0 Å². The molecule has 0 radical (unpaired) electrons. The summed E-state index contributed by atoms with van der Waals surface area (Å²) in [5.74, 6) is 0. The van der Waals surface area contributed by atoms with Crippen molar-refractivity contribution < 1.29 is 8.42 Å². The Balaban J connectivity index is 2.37. The molecule has 0 fully saturated rings. The minimum atomic E-state index is -3.60. The Labute approximate surface area is 145 Å². The maximum absolute atomic E-state index is 12.5. The average Bonchev–Trinajstić information content (AvgIpc) is 2.77. The van der Waals surface area contributed by atoms with Gasteiger partial charge in [-0.1, -0.05) is 6.07 Å². The van der Waals surface area contributed by atoms with Gasteiger partial charge in [0.25, 0.3) is 10.0 Å². The molecule has 0 saturated heterocycles. The average molecular weight is 454 g/mol. The van der Waals surface area contributed by atoms with Crippen molar-refractivity contribution in [1.82, 2.24) is 5.32 Å². The molecule has 0 amide bonds. The molecule has 2 aromatic rings. The zero-order valence-corrected chi connectivity index (χ0v) is 16.2. The lowest BCUT2D eigenvalue weighted by Crippen LogP contribution is -2.12. The molecule has 4 nitrogen and oxygen atoms in total. The fraction of sp³-hybridized carbons (Fsp3) is 0.231. The fourth-order valence-electron chi connectivity index (χ4n) is 1.74. The number of hydrogen-bond donors (Lipinski definition) is 2. The van der Waals surface area contributed by atoms with Gasteiger partial charge >= 0.3 is 0 Å². The highest BCUT2D eigenvalue weighted by Crippen LogP contribution is 2.34. The van der Waals surface area contributed by atoms with Crippen molar-refractivity contribution in [2.75, 3.05) is 11.8 Å². The summed E-state index contributed by atoms with van der Waals surface area (Å²) in [5, 5.41) is 3.04. The quantitative estimate of drug-likeness (QED) is 0.716. The zero-order chi connectivity index (χ0) is 15.6. The summed E-state index contributed by atoms with van der Waals surface area (Å²) >= 11 is 7.99. The molecule has 1 heterocycles. The highest BCUT2D eigenvalue weighted by atomic mass is 79.9. The molecule has 114 valence electrons. The number of benzene rings is 1. The van der Waals surface area contributed by atoms with E-state index in [1.54, 1.807) is 18.2 Å². The molecular weight excluding hydrogens is 440 g/mol.